The predicted molar refractivity (Wildman–Crippen MR) is 249 cm³/mol. The van der Waals surface area contributed by atoms with Crippen molar-refractivity contribution in [1.82, 2.24) is 0 Å². The minimum absolute atomic E-state index is 0.436. The van der Waals surface area contributed by atoms with Crippen molar-refractivity contribution in [2.24, 2.45) is 0 Å². The molecule has 3 aliphatic rings. The predicted octanol–water partition coefficient (Wildman–Crippen LogP) is 13.4. The first-order valence-corrected chi connectivity index (χ1v) is 23.1. The molecular weight excluding hydrogens is 988 g/mol. The van der Waals surface area contributed by atoms with Gasteiger partial charge in [-0.15, -0.1) is 0 Å². The Morgan fingerprint density at radius 2 is 0.931 bits per heavy atom. The van der Waals surface area contributed by atoms with Gasteiger partial charge in [-0.1, -0.05) is 48.5 Å². The molecule has 3 aliphatic heterocycles. The largest absolute Gasteiger partial charge is 0.494 e. The van der Waals surface area contributed by atoms with Crippen LogP contribution >= 0.6 is 63.7 Å². The SMILES string of the molecule is CCOc1ccc(C(=CC2(C=C(c3ccc(OCC)cc3)c3ccc(N4CCCC4)cc3)OC(=O)c3c(Br)c(Br)c(Br)c(Br)c32)c2ccc(N3CCCC3)cc2)cc1. The second-order valence-corrected chi connectivity index (χ2v) is 17.9. The van der Waals surface area contributed by atoms with E-state index in [1.54, 1.807) is 0 Å². The highest BCUT2D eigenvalue weighted by Gasteiger charge is 2.48. The Kier molecular flexibility index (Phi) is 12.6. The van der Waals surface area contributed by atoms with E-state index in [0.29, 0.717) is 37.8 Å². The van der Waals surface area contributed by atoms with Gasteiger partial charge in [-0.05, 0) is 197 Å². The molecule has 298 valence electrons. The van der Waals surface area contributed by atoms with Gasteiger partial charge in [0.15, 0.2) is 5.60 Å². The fourth-order valence-electron chi connectivity index (χ4n) is 8.24. The van der Waals surface area contributed by atoms with E-state index in [1.807, 2.05) is 38.1 Å². The lowest BCUT2D eigenvalue weighted by Gasteiger charge is -2.28. The van der Waals surface area contributed by atoms with E-state index in [-0.39, 0.29) is 0 Å². The average Bonchev–Trinajstić information content (AvgIpc) is 4.04. The number of nitrogens with zero attached hydrogens (tertiary/aromatic N) is 2. The molecule has 2 saturated heterocycles. The first-order chi connectivity index (χ1) is 28.2. The van der Waals surface area contributed by atoms with Crippen LogP contribution in [0.4, 0.5) is 11.4 Å². The highest BCUT2D eigenvalue weighted by Crippen LogP contribution is 2.54. The first kappa shape index (κ1) is 40.9. The molecule has 3 heterocycles. The lowest BCUT2D eigenvalue weighted by molar-refractivity contribution is 0.0298. The number of benzene rings is 5. The minimum Gasteiger partial charge on any atom is -0.494 e. The molecule has 0 aromatic heterocycles. The number of fused-ring (bicyclic) bond motifs is 1. The Hall–Kier alpha value is -3.83. The monoisotopic (exact) mass is 1030 g/mol. The summed E-state index contributed by atoms with van der Waals surface area (Å²) in [7, 11) is 0. The summed E-state index contributed by atoms with van der Waals surface area (Å²) in [5.41, 5.74) is 7.87. The summed E-state index contributed by atoms with van der Waals surface area (Å²) in [5, 5.41) is 0. The number of hydrogen-bond acceptors (Lipinski definition) is 6. The second-order valence-electron chi connectivity index (χ2n) is 14.7. The number of anilines is 2. The Morgan fingerprint density at radius 1 is 0.569 bits per heavy atom. The molecule has 0 atom stereocenters. The Bertz CT molecular complexity index is 2220. The molecule has 0 unspecified atom stereocenters. The number of carbonyl (C=O) groups excluding carboxylic acids is 1. The van der Waals surface area contributed by atoms with Crippen LogP contribution in [-0.4, -0.2) is 45.4 Å². The van der Waals surface area contributed by atoms with Crippen LogP contribution in [-0.2, 0) is 10.3 Å². The van der Waals surface area contributed by atoms with E-state index in [4.69, 9.17) is 14.2 Å². The zero-order chi connectivity index (χ0) is 40.4. The fraction of sp³-hybridized carbons (Fsp3) is 0.271. The van der Waals surface area contributed by atoms with Gasteiger partial charge in [0.05, 0.1) is 18.8 Å². The van der Waals surface area contributed by atoms with E-state index in [2.05, 4.69) is 158 Å². The maximum atomic E-state index is 14.4. The number of ether oxygens (including phenoxy) is 3. The van der Waals surface area contributed by atoms with Gasteiger partial charge in [-0.3, -0.25) is 0 Å². The molecule has 0 saturated carbocycles. The van der Waals surface area contributed by atoms with Gasteiger partial charge in [0.25, 0.3) is 0 Å². The zero-order valence-corrected chi connectivity index (χ0v) is 38.8. The Morgan fingerprint density at radius 3 is 1.31 bits per heavy atom. The van der Waals surface area contributed by atoms with Gasteiger partial charge in [0.1, 0.15) is 11.5 Å². The molecule has 0 bridgehead atoms. The molecule has 0 N–H and O–H groups in total. The van der Waals surface area contributed by atoms with Crippen LogP contribution in [0.25, 0.3) is 11.1 Å². The summed E-state index contributed by atoms with van der Waals surface area (Å²) in [6.45, 7) is 9.34. The van der Waals surface area contributed by atoms with Gasteiger partial charge in [0, 0.05) is 61.0 Å². The van der Waals surface area contributed by atoms with Crippen molar-refractivity contribution in [3.05, 3.63) is 160 Å². The Balaban J connectivity index is 1.40. The van der Waals surface area contributed by atoms with Crippen LogP contribution in [0.3, 0.4) is 0 Å². The molecular formula is C48H44Br4N2O4. The number of cyclic esters (lactones) is 1. The normalized spacial score (nSPS) is 18.1. The van der Waals surface area contributed by atoms with Crippen molar-refractivity contribution >= 4 is 92.2 Å². The number of hydrogen-bond donors (Lipinski definition) is 0. The van der Waals surface area contributed by atoms with Crippen LogP contribution in [0.2, 0.25) is 0 Å². The first-order valence-electron chi connectivity index (χ1n) is 19.9. The highest BCUT2D eigenvalue weighted by molar-refractivity contribution is 9.15. The average molecular weight is 1030 g/mol. The quantitative estimate of drug-likeness (QED) is 0.0705. The molecule has 5 aromatic rings. The Labute approximate surface area is 374 Å². The summed E-state index contributed by atoms with van der Waals surface area (Å²) in [5.74, 6) is 1.14. The van der Waals surface area contributed by atoms with E-state index < -0.39 is 11.6 Å². The summed E-state index contributed by atoms with van der Waals surface area (Å²) in [6, 6.07) is 33.8. The molecule has 58 heavy (non-hydrogen) atoms. The van der Waals surface area contributed by atoms with Gasteiger partial charge in [0.2, 0.25) is 0 Å². The number of carbonyl (C=O) groups is 1. The molecule has 6 nitrogen and oxygen atoms in total. The summed E-state index contributed by atoms with van der Waals surface area (Å²) >= 11 is 15.2. The summed E-state index contributed by atoms with van der Waals surface area (Å²) in [6.07, 6.45) is 9.03. The van der Waals surface area contributed by atoms with Crippen molar-refractivity contribution in [3.8, 4) is 11.5 Å². The van der Waals surface area contributed by atoms with Gasteiger partial charge in [-0.2, -0.15) is 0 Å². The van der Waals surface area contributed by atoms with Crippen LogP contribution in [0.5, 0.6) is 11.5 Å². The molecule has 10 heteroatoms. The highest BCUT2D eigenvalue weighted by atomic mass is 79.9. The maximum absolute atomic E-state index is 14.4. The lowest BCUT2D eigenvalue weighted by atomic mass is 9.83. The van der Waals surface area contributed by atoms with Crippen molar-refractivity contribution in [2.45, 2.75) is 45.1 Å². The molecule has 0 aliphatic carbocycles. The molecule has 0 radical (unpaired) electrons. The van der Waals surface area contributed by atoms with Crippen LogP contribution in [0.15, 0.2) is 127 Å². The van der Waals surface area contributed by atoms with E-state index in [0.717, 1.165) is 75.6 Å². The lowest BCUT2D eigenvalue weighted by Crippen LogP contribution is -2.23. The van der Waals surface area contributed by atoms with Crippen LogP contribution in [0.1, 0.15) is 77.7 Å². The smallest absolute Gasteiger partial charge is 0.341 e. The maximum Gasteiger partial charge on any atom is 0.341 e. The van der Waals surface area contributed by atoms with Crippen molar-refractivity contribution < 1.29 is 19.0 Å². The number of halogens is 4. The third-order valence-corrected chi connectivity index (χ3v) is 15.9. The summed E-state index contributed by atoms with van der Waals surface area (Å²) in [4.78, 5) is 19.3. The zero-order valence-electron chi connectivity index (χ0n) is 32.5. The molecule has 0 spiro atoms. The fourth-order valence-corrected chi connectivity index (χ4v) is 10.8. The van der Waals surface area contributed by atoms with Gasteiger partial charge in [-0.25, -0.2) is 4.79 Å². The standard InChI is InChI=1S/C48H44Br4N2O4/c1-3-56-37-21-13-33(14-22-37)39(31-9-17-35(18-10-31)53-25-5-6-26-53)29-48(42-41(47(55)58-48)43(49)45(51)46(52)44(42)50)30-40(34-15-23-38(24-16-34)57-4-2)32-11-19-36(20-12-32)54-27-7-8-28-54/h9-24,29-30H,3-8,25-28H2,1-2H3. The van der Waals surface area contributed by atoms with Crippen LogP contribution < -0.4 is 19.3 Å². The third kappa shape index (κ3) is 8.19. The molecule has 2 fully saturated rings. The molecule has 0 amide bonds. The molecule has 8 rings (SSSR count). The third-order valence-electron chi connectivity index (χ3n) is 11.1. The van der Waals surface area contributed by atoms with Crippen LogP contribution in [0, 0.1) is 0 Å². The van der Waals surface area contributed by atoms with Crippen molar-refractivity contribution in [2.75, 3.05) is 49.2 Å². The van der Waals surface area contributed by atoms with Crippen molar-refractivity contribution in [1.29, 1.82) is 0 Å². The van der Waals surface area contributed by atoms with Gasteiger partial charge < -0.3 is 24.0 Å². The number of rotatable bonds is 12. The van der Waals surface area contributed by atoms with Gasteiger partial charge >= 0.3 is 5.97 Å². The van der Waals surface area contributed by atoms with Crippen molar-refractivity contribution in [3.63, 3.8) is 0 Å². The summed E-state index contributed by atoms with van der Waals surface area (Å²) < 4.78 is 21.3. The van der Waals surface area contributed by atoms with E-state index in [9.17, 15) is 4.79 Å². The van der Waals surface area contributed by atoms with E-state index >= 15 is 0 Å². The number of esters is 1. The molecule has 5 aromatic carbocycles. The second kappa shape index (κ2) is 17.8. The van der Waals surface area contributed by atoms with E-state index in [1.165, 1.54) is 37.1 Å². The topological polar surface area (TPSA) is 51.2 Å². The minimum atomic E-state index is -1.39.